The van der Waals surface area contributed by atoms with E-state index >= 15 is 0 Å². The molecule has 2 saturated carbocycles. The first kappa shape index (κ1) is 16.3. The fourth-order valence-corrected chi connectivity index (χ4v) is 5.72. The monoisotopic (exact) mass is 352 g/mol. The standard InChI is InChI=1S/C22H28N2O2/c1-13(2)14-4-3-5-15(8-14)20-17-11-24(12-18(17)20)21(26)16-9-22(10-16)7-6-19(25)23-22/h3-5,8,13,16-18,20H,6-7,9-12H2,1-2H3,(H,23,25)/t16?,17-,18+,20?,22?. The van der Waals surface area contributed by atoms with Crippen LogP contribution in [0, 0.1) is 17.8 Å². The van der Waals surface area contributed by atoms with Crippen molar-refractivity contribution in [3.8, 4) is 0 Å². The van der Waals surface area contributed by atoms with Crippen LogP contribution in [0.1, 0.15) is 62.5 Å². The van der Waals surface area contributed by atoms with E-state index in [1.54, 1.807) is 0 Å². The largest absolute Gasteiger partial charge is 0.351 e. The lowest BCUT2D eigenvalue weighted by Gasteiger charge is -2.45. The molecule has 4 aliphatic rings. The molecule has 1 spiro atoms. The van der Waals surface area contributed by atoms with Crippen molar-refractivity contribution in [2.24, 2.45) is 17.8 Å². The Balaban J connectivity index is 1.18. The molecule has 0 aromatic heterocycles. The second-order valence-corrected chi connectivity index (χ2v) is 9.36. The quantitative estimate of drug-likeness (QED) is 0.909. The zero-order valence-corrected chi connectivity index (χ0v) is 15.7. The molecule has 4 heteroatoms. The van der Waals surface area contributed by atoms with E-state index in [-0.39, 0.29) is 17.4 Å². The van der Waals surface area contributed by atoms with Crippen LogP contribution in [0.3, 0.4) is 0 Å². The Morgan fingerprint density at radius 1 is 1.23 bits per heavy atom. The number of rotatable bonds is 3. The Morgan fingerprint density at radius 2 is 1.96 bits per heavy atom. The van der Waals surface area contributed by atoms with Crippen molar-refractivity contribution in [1.29, 1.82) is 0 Å². The average Bonchev–Trinajstić information content (AvgIpc) is 2.94. The molecular weight excluding hydrogens is 324 g/mol. The summed E-state index contributed by atoms with van der Waals surface area (Å²) in [5, 5.41) is 3.09. The number of nitrogens with one attached hydrogen (secondary N) is 1. The number of carbonyl (C=O) groups is 2. The molecule has 2 amide bonds. The van der Waals surface area contributed by atoms with Gasteiger partial charge in [-0.2, -0.15) is 0 Å². The Labute approximate surface area is 155 Å². The first-order valence-corrected chi connectivity index (χ1v) is 10.2. The van der Waals surface area contributed by atoms with E-state index in [1.807, 2.05) is 0 Å². The van der Waals surface area contributed by atoms with Gasteiger partial charge >= 0.3 is 0 Å². The van der Waals surface area contributed by atoms with Crippen molar-refractivity contribution in [2.45, 2.75) is 56.9 Å². The van der Waals surface area contributed by atoms with Crippen LogP contribution in [0.4, 0.5) is 0 Å². The number of benzene rings is 1. The predicted octanol–water partition coefficient (Wildman–Crippen LogP) is 3.04. The van der Waals surface area contributed by atoms with Crippen molar-refractivity contribution < 1.29 is 9.59 Å². The van der Waals surface area contributed by atoms with Gasteiger partial charge in [0.2, 0.25) is 11.8 Å². The first-order valence-electron chi connectivity index (χ1n) is 10.2. The number of carbonyl (C=O) groups excluding carboxylic acids is 2. The van der Waals surface area contributed by atoms with Crippen LogP contribution in [0.2, 0.25) is 0 Å². The van der Waals surface area contributed by atoms with Gasteiger partial charge in [-0.05, 0) is 54.1 Å². The van der Waals surface area contributed by atoms with E-state index < -0.39 is 0 Å². The smallest absolute Gasteiger partial charge is 0.225 e. The number of likely N-dealkylation sites (tertiary alicyclic amines) is 1. The van der Waals surface area contributed by atoms with E-state index in [0.29, 0.717) is 36.0 Å². The van der Waals surface area contributed by atoms with Crippen molar-refractivity contribution in [3.05, 3.63) is 35.4 Å². The van der Waals surface area contributed by atoms with Gasteiger partial charge in [0, 0.05) is 31.0 Å². The molecule has 5 rings (SSSR count). The number of nitrogens with zero attached hydrogens (tertiary/aromatic N) is 1. The van der Waals surface area contributed by atoms with Crippen molar-refractivity contribution >= 4 is 11.8 Å². The van der Waals surface area contributed by atoms with Crippen LogP contribution < -0.4 is 5.32 Å². The van der Waals surface area contributed by atoms with Gasteiger partial charge in [0.15, 0.2) is 0 Å². The van der Waals surface area contributed by atoms with E-state index in [4.69, 9.17) is 0 Å². The maximum Gasteiger partial charge on any atom is 0.225 e. The van der Waals surface area contributed by atoms with Gasteiger partial charge in [-0.3, -0.25) is 9.59 Å². The Morgan fingerprint density at radius 3 is 2.58 bits per heavy atom. The topological polar surface area (TPSA) is 49.4 Å². The Kier molecular flexibility index (Phi) is 3.51. The van der Waals surface area contributed by atoms with Gasteiger partial charge in [-0.25, -0.2) is 0 Å². The maximum atomic E-state index is 12.8. The summed E-state index contributed by atoms with van der Waals surface area (Å²) < 4.78 is 0. The molecule has 1 aromatic rings. The van der Waals surface area contributed by atoms with Crippen LogP contribution in [-0.4, -0.2) is 35.3 Å². The number of piperidine rings is 1. The molecule has 4 fully saturated rings. The van der Waals surface area contributed by atoms with Crippen molar-refractivity contribution in [3.63, 3.8) is 0 Å². The van der Waals surface area contributed by atoms with E-state index in [9.17, 15) is 9.59 Å². The Hall–Kier alpha value is -1.84. The minimum Gasteiger partial charge on any atom is -0.351 e. The lowest BCUT2D eigenvalue weighted by Crippen LogP contribution is -2.56. The molecule has 0 radical (unpaired) electrons. The highest BCUT2D eigenvalue weighted by atomic mass is 16.2. The minimum absolute atomic E-state index is 0.0418. The third kappa shape index (κ3) is 2.49. The molecule has 2 heterocycles. The summed E-state index contributed by atoms with van der Waals surface area (Å²) in [4.78, 5) is 26.4. The highest BCUT2D eigenvalue weighted by Crippen LogP contribution is 2.59. The maximum absolute atomic E-state index is 12.8. The number of fused-ring (bicyclic) bond motifs is 1. The number of hydrogen-bond acceptors (Lipinski definition) is 2. The molecule has 26 heavy (non-hydrogen) atoms. The van der Waals surface area contributed by atoms with Gasteiger partial charge in [0.25, 0.3) is 0 Å². The van der Waals surface area contributed by atoms with Gasteiger partial charge in [-0.1, -0.05) is 38.1 Å². The van der Waals surface area contributed by atoms with Gasteiger partial charge in [0.05, 0.1) is 0 Å². The zero-order chi connectivity index (χ0) is 18.1. The van der Waals surface area contributed by atoms with Crippen LogP contribution in [-0.2, 0) is 9.59 Å². The molecule has 2 aliphatic heterocycles. The molecule has 2 aliphatic carbocycles. The minimum atomic E-state index is -0.0418. The Bertz CT molecular complexity index is 753. The van der Waals surface area contributed by atoms with Crippen molar-refractivity contribution in [2.75, 3.05) is 13.1 Å². The highest BCUT2D eigenvalue weighted by molar-refractivity contribution is 5.84. The van der Waals surface area contributed by atoms with E-state index in [1.165, 1.54) is 11.1 Å². The molecule has 1 unspecified atom stereocenters. The van der Waals surface area contributed by atoms with Crippen LogP contribution in [0.25, 0.3) is 0 Å². The van der Waals surface area contributed by atoms with E-state index in [2.05, 4.69) is 48.3 Å². The number of amides is 2. The first-order chi connectivity index (χ1) is 12.5. The summed E-state index contributed by atoms with van der Waals surface area (Å²) >= 11 is 0. The molecule has 0 bridgehead atoms. The summed E-state index contributed by atoms with van der Waals surface area (Å²) in [5.41, 5.74) is 2.84. The molecular formula is C22H28N2O2. The summed E-state index contributed by atoms with van der Waals surface area (Å²) in [5.74, 6) is 3.15. The normalized spacial score (nSPS) is 37.7. The summed E-state index contributed by atoms with van der Waals surface area (Å²) in [6, 6.07) is 9.04. The third-order valence-electron chi connectivity index (χ3n) is 7.33. The van der Waals surface area contributed by atoms with Gasteiger partial charge in [-0.15, -0.1) is 0 Å². The van der Waals surface area contributed by atoms with E-state index in [0.717, 1.165) is 32.4 Å². The fraction of sp³-hybridized carbons (Fsp3) is 0.636. The lowest BCUT2D eigenvalue weighted by molar-refractivity contribution is -0.141. The second kappa shape index (κ2) is 5.58. The highest BCUT2D eigenvalue weighted by Gasteiger charge is 2.59. The zero-order valence-electron chi connectivity index (χ0n) is 15.7. The van der Waals surface area contributed by atoms with Crippen molar-refractivity contribution in [1.82, 2.24) is 10.2 Å². The lowest BCUT2D eigenvalue weighted by atomic mass is 9.67. The summed E-state index contributed by atoms with van der Waals surface area (Å²) in [7, 11) is 0. The second-order valence-electron chi connectivity index (χ2n) is 9.36. The third-order valence-corrected chi connectivity index (χ3v) is 7.33. The molecule has 4 nitrogen and oxygen atoms in total. The molecule has 138 valence electrons. The van der Waals surface area contributed by atoms with Crippen LogP contribution in [0.15, 0.2) is 24.3 Å². The van der Waals surface area contributed by atoms with Gasteiger partial charge in [0.1, 0.15) is 0 Å². The summed E-state index contributed by atoms with van der Waals surface area (Å²) in [6.07, 6.45) is 3.24. The molecule has 1 aromatic carbocycles. The molecule has 2 saturated heterocycles. The predicted molar refractivity (Wildman–Crippen MR) is 99.7 cm³/mol. The SMILES string of the molecule is CC(C)c1cccc(C2[C@H]3CN(C(=O)C4CC5(CCC(=O)N5)C4)C[C@@H]23)c1. The van der Waals surface area contributed by atoms with Crippen LogP contribution >= 0.6 is 0 Å². The fourth-order valence-electron chi connectivity index (χ4n) is 5.72. The molecule has 1 N–H and O–H groups in total. The molecule has 3 atom stereocenters. The van der Waals surface area contributed by atoms with Crippen LogP contribution in [0.5, 0.6) is 0 Å². The number of hydrogen-bond donors (Lipinski definition) is 1. The average molecular weight is 352 g/mol. The summed E-state index contributed by atoms with van der Waals surface area (Å²) in [6.45, 7) is 6.34. The van der Waals surface area contributed by atoms with Gasteiger partial charge < -0.3 is 10.2 Å².